The molecule has 5 aliphatic rings. The molecular weight excluding hydrogens is 352 g/mol. The number of halogens is 1. The van der Waals surface area contributed by atoms with Crippen LogP contribution in [-0.2, 0) is 14.3 Å². The largest absolute Gasteiger partial charge is 0.392 e. The van der Waals surface area contributed by atoms with Gasteiger partial charge in [-0.1, -0.05) is 19.4 Å². The summed E-state index contributed by atoms with van der Waals surface area (Å²) in [5.41, 5.74) is 0.217. The molecule has 4 fully saturated rings. The summed E-state index contributed by atoms with van der Waals surface area (Å²) in [7, 11) is 0. The molecule has 0 aromatic carbocycles. The highest BCUT2D eigenvalue weighted by Crippen LogP contribution is 2.75. The minimum Gasteiger partial charge on any atom is -0.392 e. The molecule has 8 atom stereocenters. The van der Waals surface area contributed by atoms with Gasteiger partial charge in [-0.15, -0.1) is 11.6 Å². The molecule has 0 bridgehead atoms. The summed E-state index contributed by atoms with van der Waals surface area (Å²) in [6.07, 6.45) is 6.04. The number of hydrogen-bond acceptors (Lipinski definition) is 4. The van der Waals surface area contributed by atoms with Crippen LogP contribution in [0.2, 0.25) is 0 Å². The van der Waals surface area contributed by atoms with Crippen LogP contribution in [0.1, 0.15) is 52.4 Å². The van der Waals surface area contributed by atoms with E-state index in [1.807, 2.05) is 0 Å². The normalized spacial score (nSPS) is 54.5. The van der Waals surface area contributed by atoms with Gasteiger partial charge in [0.2, 0.25) is 0 Å². The average molecular weight is 379 g/mol. The van der Waals surface area contributed by atoms with Gasteiger partial charge in [0, 0.05) is 17.8 Å². The SMILES string of the molecule is C[C@]12CC3O[C@@]34[C@@H](CCC3=CC(=O)CC(O)[C@@]34C)[C@@H]1CC[C@@H]2C(=O)CCl. The Hall–Kier alpha value is -0.710. The van der Waals surface area contributed by atoms with Crippen molar-refractivity contribution < 1.29 is 19.4 Å². The quantitative estimate of drug-likeness (QED) is 0.592. The molecule has 1 spiro atoms. The molecule has 1 N–H and O–H groups in total. The Morgan fingerprint density at radius 1 is 1.31 bits per heavy atom. The Kier molecular flexibility index (Phi) is 3.48. The summed E-state index contributed by atoms with van der Waals surface area (Å²) >= 11 is 5.90. The Labute approximate surface area is 159 Å². The lowest BCUT2D eigenvalue weighted by Gasteiger charge is -2.57. The zero-order chi connectivity index (χ0) is 18.5. The molecule has 0 amide bonds. The number of rotatable bonds is 2. The van der Waals surface area contributed by atoms with Crippen LogP contribution in [0.25, 0.3) is 0 Å². The first kappa shape index (κ1) is 17.4. The Morgan fingerprint density at radius 2 is 2.08 bits per heavy atom. The third-order valence-electron chi connectivity index (χ3n) is 8.95. The van der Waals surface area contributed by atoms with E-state index in [4.69, 9.17) is 16.3 Å². The van der Waals surface area contributed by atoms with Gasteiger partial charge in [0.1, 0.15) is 5.60 Å². The zero-order valence-electron chi connectivity index (χ0n) is 15.5. The van der Waals surface area contributed by atoms with Crippen LogP contribution in [0.3, 0.4) is 0 Å². The Bertz CT molecular complexity index is 732. The fourth-order valence-electron chi connectivity index (χ4n) is 7.68. The van der Waals surface area contributed by atoms with E-state index in [-0.39, 0.29) is 46.9 Å². The number of aliphatic hydroxyl groups excluding tert-OH is 1. The van der Waals surface area contributed by atoms with E-state index >= 15 is 0 Å². The molecular formula is C21H27ClO4. The van der Waals surface area contributed by atoms with Crippen LogP contribution >= 0.6 is 11.6 Å². The van der Waals surface area contributed by atoms with Crippen LogP contribution < -0.4 is 0 Å². The number of carbonyl (C=O) groups excluding carboxylic acids is 2. The van der Waals surface area contributed by atoms with Gasteiger partial charge in [-0.3, -0.25) is 9.59 Å². The molecule has 0 radical (unpaired) electrons. The third-order valence-corrected chi connectivity index (χ3v) is 9.21. The molecule has 142 valence electrons. The number of Topliss-reactive ketones (excluding diaryl/α,β-unsaturated/α-hetero) is 1. The highest BCUT2D eigenvalue weighted by molar-refractivity contribution is 6.28. The highest BCUT2D eigenvalue weighted by Gasteiger charge is 2.80. The maximum absolute atomic E-state index is 12.5. The summed E-state index contributed by atoms with van der Waals surface area (Å²) < 4.78 is 6.45. The van der Waals surface area contributed by atoms with E-state index in [0.717, 1.165) is 37.7 Å². The number of fused-ring (bicyclic) bond motifs is 3. The van der Waals surface area contributed by atoms with Gasteiger partial charge in [-0.25, -0.2) is 0 Å². The van der Waals surface area contributed by atoms with E-state index in [1.54, 1.807) is 6.08 Å². The maximum atomic E-state index is 12.5. The van der Waals surface area contributed by atoms with E-state index in [0.29, 0.717) is 11.8 Å². The van der Waals surface area contributed by atoms with Crippen molar-refractivity contribution in [1.82, 2.24) is 0 Å². The molecule has 26 heavy (non-hydrogen) atoms. The van der Waals surface area contributed by atoms with Crippen molar-refractivity contribution in [1.29, 1.82) is 0 Å². The van der Waals surface area contributed by atoms with Crippen molar-refractivity contribution in [3.8, 4) is 0 Å². The summed E-state index contributed by atoms with van der Waals surface area (Å²) in [6.45, 7) is 4.38. The molecule has 4 aliphatic carbocycles. The second-order valence-electron chi connectivity index (χ2n) is 9.65. The van der Waals surface area contributed by atoms with Gasteiger partial charge in [-0.05, 0) is 55.4 Å². The Balaban J connectivity index is 1.56. The molecule has 0 aromatic heterocycles. The summed E-state index contributed by atoms with van der Waals surface area (Å²) in [6, 6.07) is 0. The predicted octanol–water partition coefficient (Wildman–Crippen LogP) is 3.04. The lowest BCUT2D eigenvalue weighted by molar-refractivity contribution is -0.131. The van der Waals surface area contributed by atoms with Crippen LogP contribution in [0.4, 0.5) is 0 Å². The Morgan fingerprint density at radius 3 is 2.81 bits per heavy atom. The fraction of sp³-hybridized carbons (Fsp3) is 0.810. The minimum atomic E-state index is -0.672. The van der Waals surface area contributed by atoms with Crippen molar-refractivity contribution in [3.63, 3.8) is 0 Å². The first-order chi connectivity index (χ1) is 12.3. The molecule has 5 heteroatoms. The minimum absolute atomic E-state index is 0.0336. The number of hydrogen-bond donors (Lipinski definition) is 1. The number of carbonyl (C=O) groups is 2. The van der Waals surface area contributed by atoms with E-state index in [9.17, 15) is 14.7 Å². The molecule has 0 aromatic rings. The van der Waals surface area contributed by atoms with Gasteiger partial charge in [0.15, 0.2) is 11.6 Å². The highest BCUT2D eigenvalue weighted by atomic mass is 35.5. The monoisotopic (exact) mass is 378 g/mol. The number of epoxide rings is 1. The van der Waals surface area contributed by atoms with E-state index < -0.39 is 11.5 Å². The predicted molar refractivity (Wildman–Crippen MR) is 96.8 cm³/mol. The number of alkyl halides is 1. The van der Waals surface area contributed by atoms with Crippen molar-refractivity contribution >= 4 is 23.2 Å². The zero-order valence-corrected chi connectivity index (χ0v) is 16.2. The van der Waals surface area contributed by atoms with Gasteiger partial charge in [0.25, 0.3) is 0 Å². The number of ketones is 2. The van der Waals surface area contributed by atoms with E-state index in [1.165, 1.54) is 0 Å². The number of ether oxygens (including phenoxy) is 1. The van der Waals surface area contributed by atoms with Gasteiger partial charge in [0.05, 0.1) is 18.1 Å². The smallest absolute Gasteiger partial charge is 0.158 e. The summed E-state index contributed by atoms with van der Waals surface area (Å²) in [5, 5.41) is 10.9. The van der Waals surface area contributed by atoms with Crippen molar-refractivity contribution in [2.75, 3.05) is 5.88 Å². The van der Waals surface area contributed by atoms with E-state index in [2.05, 4.69) is 13.8 Å². The lowest BCUT2D eigenvalue weighted by atomic mass is 9.46. The van der Waals surface area contributed by atoms with Crippen LogP contribution in [0.5, 0.6) is 0 Å². The van der Waals surface area contributed by atoms with Gasteiger partial charge in [-0.2, -0.15) is 0 Å². The van der Waals surface area contributed by atoms with Gasteiger partial charge >= 0.3 is 0 Å². The third kappa shape index (κ3) is 1.80. The summed E-state index contributed by atoms with van der Waals surface area (Å²) in [4.78, 5) is 24.5. The lowest BCUT2D eigenvalue weighted by Crippen LogP contribution is -2.61. The summed E-state index contributed by atoms with van der Waals surface area (Å²) in [5.74, 6) is 1.13. The average Bonchev–Trinajstić information content (AvgIpc) is 3.20. The maximum Gasteiger partial charge on any atom is 0.158 e. The van der Waals surface area contributed by atoms with Crippen molar-refractivity contribution in [2.24, 2.45) is 28.6 Å². The molecule has 5 rings (SSSR count). The molecule has 1 aliphatic heterocycles. The van der Waals surface area contributed by atoms with Gasteiger partial charge < -0.3 is 9.84 Å². The molecule has 1 heterocycles. The van der Waals surface area contributed by atoms with Crippen LogP contribution in [0.15, 0.2) is 11.6 Å². The first-order valence-corrected chi connectivity index (χ1v) is 10.5. The first-order valence-electron chi connectivity index (χ1n) is 9.97. The van der Waals surface area contributed by atoms with Crippen LogP contribution in [-0.4, -0.2) is 40.4 Å². The molecule has 2 unspecified atom stereocenters. The molecule has 4 nitrogen and oxygen atoms in total. The molecule has 3 saturated carbocycles. The standard InChI is InChI=1S/C21H27ClO4/c1-19-9-18-21(26-18)14(13(19)5-6-15(19)16(24)10-22)4-3-11-7-12(23)8-17(25)20(11,21)2/h7,13-15,17-18,25H,3-6,8-10H2,1-2H3/t13-,14-,15+,17?,18?,19-,20+,21-/m0/s1. The molecule has 1 saturated heterocycles. The second kappa shape index (κ2) is 5.21. The number of aliphatic hydroxyl groups is 1. The second-order valence-corrected chi connectivity index (χ2v) is 9.92. The van der Waals surface area contributed by atoms with Crippen molar-refractivity contribution in [2.45, 2.75) is 70.2 Å². The van der Waals surface area contributed by atoms with Crippen molar-refractivity contribution in [3.05, 3.63) is 11.6 Å². The van der Waals surface area contributed by atoms with Crippen LogP contribution in [0, 0.1) is 28.6 Å². The topological polar surface area (TPSA) is 66.9 Å². The fourth-order valence-corrected chi connectivity index (χ4v) is 7.87.